The topological polar surface area (TPSA) is 49.2 Å². The van der Waals surface area contributed by atoms with Crippen LogP contribution < -0.4 is 0 Å². The molecule has 1 aromatic heterocycles. The van der Waals surface area contributed by atoms with Crippen LogP contribution in [0.2, 0.25) is 0 Å². The molecule has 16 heavy (non-hydrogen) atoms. The molecule has 92 valence electrons. The second-order valence-corrected chi connectivity index (χ2v) is 3.92. The highest BCUT2D eigenvalue weighted by atomic mass is 79.9. The Labute approximate surface area is 104 Å². The smallest absolute Gasteiger partial charge is 0.159 e. The molecule has 0 bridgehead atoms. The van der Waals surface area contributed by atoms with Gasteiger partial charge >= 0.3 is 0 Å². The predicted molar refractivity (Wildman–Crippen MR) is 64.5 cm³/mol. The minimum atomic E-state index is 0.489. The van der Waals surface area contributed by atoms with Gasteiger partial charge in [0.2, 0.25) is 0 Å². The number of nitrogens with zero attached hydrogens (tertiary/aromatic N) is 3. The van der Waals surface area contributed by atoms with E-state index in [0.717, 1.165) is 29.9 Å². The minimum Gasteiger partial charge on any atom is -0.382 e. The molecule has 5 nitrogen and oxygen atoms in total. The van der Waals surface area contributed by atoms with Gasteiger partial charge in [-0.2, -0.15) is 0 Å². The van der Waals surface area contributed by atoms with Gasteiger partial charge in [0.25, 0.3) is 0 Å². The summed E-state index contributed by atoms with van der Waals surface area (Å²) in [4.78, 5) is 0. The zero-order valence-electron chi connectivity index (χ0n) is 9.78. The van der Waals surface area contributed by atoms with E-state index < -0.39 is 0 Å². The number of ether oxygens (including phenoxy) is 2. The fourth-order valence-electron chi connectivity index (χ4n) is 1.37. The lowest BCUT2D eigenvalue weighted by Crippen LogP contribution is -2.09. The van der Waals surface area contributed by atoms with Crippen LogP contribution in [0.5, 0.6) is 0 Å². The van der Waals surface area contributed by atoms with E-state index in [1.54, 1.807) is 7.11 Å². The van der Waals surface area contributed by atoms with Gasteiger partial charge < -0.3 is 14.0 Å². The summed E-state index contributed by atoms with van der Waals surface area (Å²) in [6, 6.07) is 0. The maximum atomic E-state index is 5.44. The molecule has 0 saturated carbocycles. The summed E-state index contributed by atoms with van der Waals surface area (Å²) in [7, 11) is 1.66. The monoisotopic (exact) mass is 291 g/mol. The summed E-state index contributed by atoms with van der Waals surface area (Å²) in [5, 5.41) is 8.95. The molecule has 1 heterocycles. The molecule has 0 aliphatic carbocycles. The third-order valence-corrected chi connectivity index (χ3v) is 2.64. The molecule has 1 aromatic rings. The van der Waals surface area contributed by atoms with Crippen molar-refractivity contribution in [3.8, 4) is 0 Å². The molecule has 0 unspecified atom stereocenters. The van der Waals surface area contributed by atoms with Crippen LogP contribution in [0.3, 0.4) is 0 Å². The van der Waals surface area contributed by atoms with Crippen molar-refractivity contribution in [3.05, 3.63) is 11.6 Å². The summed E-state index contributed by atoms with van der Waals surface area (Å²) < 4.78 is 12.4. The van der Waals surface area contributed by atoms with Gasteiger partial charge in [-0.3, -0.25) is 0 Å². The number of halogens is 1. The van der Waals surface area contributed by atoms with Gasteiger partial charge in [-0.25, -0.2) is 0 Å². The van der Waals surface area contributed by atoms with Gasteiger partial charge in [0, 0.05) is 13.7 Å². The number of rotatable bonds is 8. The lowest BCUT2D eigenvalue weighted by molar-refractivity contribution is 0.0571. The number of alkyl halides is 1. The fraction of sp³-hybridized carbons (Fsp3) is 0.800. The largest absolute Gasteiger partial charge is 0.382 e. The Morgan fingerprint density at radius 2 is 2.00 bits per heavy atom. The van der Waals surface area contributed by atoms with Crippen molar-refractivity contribution in [2.24, 2.45) is 0 Å². The fourth-order valence-corrected chi connectivity index (χ4v) is 1.78. The maximum Gasteiger partial charge on any atom is 0.159 e. The number of aromatic nitrogens is 3. The van der Waals surface area contributed by atoms with Gasteiger partial charge in [0.15, 0.2) is 5.82 Å². The van der Waals surface area contributed by atoms with E-state index in [2.05, 4.69) is 37.6 Å². The first-order valence-electron chi connectivity index (χ1n) is 5.37. The molecule has 0 spiro atoms. The molecule has 0 aliphatic heterocycles. The van der Waals surface area contributed by atoms with Crippen molar-refractivity contribution in [3.63, 3.8) is 0 Å². The maximum absolute atomic E-state index is 5.44. The average Bonchev–Trinajstić information content (AvgIpc) is 2.68. The standard InChI is InChI=1S/C10H18BrN3O2/c1-3-4-14-9(7-11)12-13-10(14)8-16-6-5-15-2/h3-8H2,1-2H3. The second kappa shape index (κ2) is 7.76. The summed E-state index contributed by atoms with van der Waals surface area (Å²) in [5.74, 6) is 1.83. The summed E-state index contributed by atoms with van der Waals surface area (Å²) >= 11 is 3.40. The Morgan fingerprint density at radius 3 is 2.62 bits per heavy atom. The van der Waals surface area contributed by atoms with Crippen molar-refractivity contribution in [2.45, 2.75) is 31.8 Å². The molecule has 0 aliphatic rings. The summed E-state index contributed by atoms with van der Waals surface area (Å²) in [5.41, 5.74) is 0. The molecular formula is C10H18BrN3O2. The Kier molecular flexibility index (Phi) is 6.59. The Bertz CT molecular complexity index is 304. The highest BCUT2D eigenvalue weighted by Gasteiger charge is 2.09. The highest BCUT2D eigenvalue weighted by molar-refractivity contribution is 9.08. The summed E-state index contributed by atoms with van der Waals surface area (Å²) in [6.45, 7) is 4.74. The lowest BCUT2D eigenvalue weighted by Gasteiger charge is -2.08. The van der Waals surface area contributed by atoms with Crippen LogP contribution in [-0.4, -0.2) is 35.1 Å². The van der Waals surface area contributed by atoms with Gasteiger partial charge in [-0.15, -0.1) is 10.2 Å². The first-order valence-corrected chi connectivity index (χ1v) is 6.49. The van der Waals surface area contributed by atoms with E-state index in [-0.39, 0.29) is 0 Å². The molecule has 0 amide bonds. The zero-order chi connectivity index (χ0) is 11.8. The van der Waals surface area contributed by atoms with Gasteiger partial charge in [-0.1, -0.05) is 22.9 Å². The molecule has 0 aromatic carbocycles. The molecule has 1 rings (SSSR count). The number of methoxy groups -OCH3 is 1. The second-order valence-electron chi connectivity index (χ2n) is 3.36. The Hall–Kier alpha value is -0.460. The van der Waals surface area contributed by atoms with E-state index in [9.17, 15) is 0 Å². The van der Waals surface area contributed by atoms with Crippen molar-refractivity contribution in [2.75, 3.05) is 20.3 Å². The highest BCUT2D eigenvalue weighted by Crippen LogP contribution is 2.08. The van der Waals surface area contributed by atoms with Crippen molar-refractivity contribution >= 4 is 15.9 Å². The quantitative estimate of drug-likeness (QED) is 0.541. The molecule has 0 atom stereocenters. The van der Waals surface area contributed by atoms with Crippen LogP contribution in [0, 0.1) is 0 Å². The third kappa shape index (κ3) is 3.84. The normalized spacial score (nSPS) is 10.9. The first kappa shape index (κ1) is 13.6. The van der Waals surface area contributed by atoms with E-state index in [0.29, 0.717) is 19.8 Å². The lowest BCUT2D eigenvalue weighted by atomic mass is 10.4. The van der Waals surface area contributed by atoms with Crippen molar-refractivity contribution < 1.29 is 9.47 Å². The summed E-state index contributed by atoms with van der Waals surface area (Å²) in [6.07, 6.45) is 1.06. The number of hydrogen-bond donors (Lipinski definition) is 0. The van der Waals surface area contributed by atoms with Gasteiger partial charge in [0.05, 0.1) is 18.5 Å². The Balaban J connectivity index is 2.53. The van der Waals surface area contributed by atoms with Gasteiger partial charge in [-0.05, 0) is 6.42 Å². The minimum absolute atomic E-state index is 0.489. The Morgan fingerprint density at radius 1 is 1.25 bits per heavy atom. The zero-order valence-corrected chi connectivity index (χ0v) is 11.4. The van der Waals surface area contributed by atoms with Crippen LogP contribution >= 0.6 is 15.9 Å². The molecule has 0 fully saturated rings. The van der Waals surface area contributed by atoms with E-state index in [4.69, 9.17) is 9.47 Å². The van der Waals surface area contributed by atoms with Gasteiger partial charge in [0.1, 0.15) is 12.4 Å². The first-order chi connectivity index (χ1) is 7.83. The molecule has 6 heteroatoms. The van der Waals surface area contributed by atoms with Crippen LogP contribution in [0.15, 0.2) is 0 Å². The average molecular weight is 292 g/mol. The van der Waals surface area contributed by atoms with E-state index in [1.165, 1.54) is 0 Å². The van der Waals surface area contributed by atoms with E-state index in [1.807, 2.05) is 0 Å². The molecular weight excluding hydrogens is 274 g/mol. The van der Waals surface area contributed by atoms with Crippen LogP contribution in [0.4, 0.5) is 0 Å². The molecule has 0 saturated heterocycles. The van der Waals surface area contributed by atoms with E-state index >= 15 is 0 Å². The van der Waals surface area contributed by atoms with Crippen LogP contribution in [0.25, 0.3) is 0 Å². The van der Waals surface area contributed by atoms with Crippen LogP contribution in [-0.2, 0) is 28.0 Å². The SMILES string of the molecule is CCCn1c(CBr)nnc1COCCOC. The van der Waals surface area contributed by atoms with Crippen molar-refractivity contribution in [1.29, 1.82) is 0 Å². The predicted octanol–water partition coefficient (Wildman–Crippen LogP) is 1.75. The third-order valence-electron chi connectivity index (χ3n) is 2.13. The molecule has 0 N–H and O–H groups in total. The van der Waals surface area contributed by atoms with Crippen molar-refractivity contribution in [1.82, 2.24) is 14.8 Å². The number of hydrogen-bond acceptors (Lipinski definition) is 4. The molecule has 0 radical (unpaired) electrons. The van der Waals surface area contributed by atoms with Crippen LogP contribution in [0.1, 0.15) is 25.0 Å².